The number of allylic oxidation sites excluding steroid dienone is 8. The van der Waals surface area contributed by atoms with Crippen molar-refractivity contribution in [2.75, 3.05) is 13.2 Å². The molecule has 0 heterocycles. The average Bonchev–Trinajstić information content (AvgIpc) is 3.21. The van der Waals surface area contributed by atoms with Gasteiger partial charge in [-0.1, -0.05) is 185 Å². The van der Waals surface area contributed by atoms with E-state index in [0.717, 1.165) is 77.0 Å². The number of hydrogen-bond donors (Lipinski definition) is 0. The summed E-state index contributed by atoms with van der Waals surface area (Å²) in [5.74, 6) is -0.993. The van der Waals surface area contributed by atoms with Gasteiger partial charge in [0.2, 0.25) is 0 Å². The lowest BCUT2D eigenvalue weighted by Gasteiger charge is -2.18. The summed E-state index contributed by atoms with van der Waals surface area (Å²) in [7, 11) is 0. The smallest absolute Gasteiger partial charge is 0.306 e. The third-order valence-electron chi connectivity index (χ3n) is 10.3. The SMILES string of the molecule is CCCC/C=C\CCCCCCC(=O)OCC(COC(=O)CCCCCCC/C=C\CCCCCCCCC)OC(=O)CC/C=C\C/C=C\CCCCCCCC. The molecule has 6 heteroatoms. The number of esters is 3. The second-order valence-electron chi connectivity index (χ2n) is 16.0. The van der Waals surface area contributed by atoms with Crippen molar-refractivity contribution in [2.45, 2.75) is 245 Å². The summed E-state index contributed by atoms with van der Waals surface area (Å²) < 4.78 is 16.6. The molecule has 57 heavy (non-hydrogen) atoms. The highest BCUT2D eigenvalue weighted by molar-refractivity contribution is 5.71. The molecule has 0 spiro atoms. The summed E-state index contributed by atoms with van der Waals surface area (Å²) in [5, 5.41) is 0. The van der Waals surface area contributed by atoms with Gasteiger partial charge >= 0.3 is 17.9 Å². The van der Waals surface area contributed by atoms with Crippen LogP contribution in [0, 0.1) is 0 Å². The first-order chi connectivity index (χ1) is 28.0. The van der Waals surface area contributed by atoms with Crippen molar-refractivity contribution in [2.24, 2.45) is 0 Å². The van der Waals surface area contributed by atoms with E-state index in [-0.39, 0.29) is 37.5 Å². The normalized spacial score (nSPS) is 12.4. The first-order valence-electron chi connectivity index (χ1n) is 24.1. The summed E-state index contributed by atoms with van der Waals surface area (Å²) in [4.78, 5) is 37.7. The summed E-state index contributed by atoms with van der Waals surface area (Å²) in [6.45, 7) is 6.51. The van der Waals surface area contributed by atoms with Gasteiger partial charge in [-0.3, -0.25) is 14.4 Å². The van der Waals surface area contributed by atoms with Crippen LogP contribution in [0.25, 0.3) is 0 Å². The summed E-state index contributed by atoms with van der Waals surface area (Å²) >= 11 is 0. The Labute approximate surface area is 352 Å². The predicted octanol–water partition coefficient (Wildman–Crippen LogP) is 15.5. The quantitative estimate of drug-likeness (QED) is 0.0265. The van der Waals surface area contributed by atoms with Gasteiger partial charge in [-0.2, -0.15) is 0 Å². The van der Waals surface area contributed by atoms with Crippen LogP contribution < -0.4 is 0 Å². The average molecular weight is 799 g/mol. The molecule has 0 saturated carbocycles. The Morgan fingerprint density at radius 1 is 0.351 bits per heavy atom. The van der Waals surface area contributed by atoms with Crippen LogP contribution in [0.4, 0.5) is 0 Å². The molecule has 0 aliphatic rings. The molecule has 0 radical (unpaired) electrons. The first-order valence-corrected chi connectivity index (χ1v) is 24.1. The lowest BCUT2D eigenvalue weighted by atomic mass is 10.1. The molecule has 330 valence electrons. The van der Waals surface area contributed by atoms with Crippen LogP contribution in [0.1, 0.15) is 239 Å². The summed E-state index contributed by atoms with van der Waals surface area (Å²) in [6.07, 6.45) is 53.9. The summed E-state index contributed by atoms with van der Waals surface area (Å²) in [5.41, 5.74) is 0. The highest BCUT2D eigenvalue weighted by Crippen LogP contribution is 2.13. The highest BCUT2D eigenvalue weighted by atomic mass is 16.6. The van der Waals surface area contributed by atoms with Gasteiger partial charge in [0.1, 0.15) is 13.2 Å². The number of carbonyl (C=O) groups is 3. The first kappa shape index (κ1) is 54.4. The fourth-order valence-electron chi connectivity index (χ4n) is 6.59. The maximum Gasteiger partial charge on any atom is 0.306 e. The molecule has 1 atom stereocenters. The Balaban J connectivity index is 4.43. The largest absolute Gasteiger partial charge is 0.462 e. The Morgan fingerprint density at radius 3 is 1.11 bits per heavy atom. The van der Waals surface area contributed by atoms with Crippen LogP contribution in [0.3, 0.4) is 0 Å². The van der Waals surface area contributed by atoms with Gasteiger partial charge in [-0.25, -0.2) is 0 Å². The lowest BCUT2D eigenvalue weighted by molar-refractivity contribution is -0.166. The van der Waals surface area contributed by atoms with Crippen molar-refractivity contribution < 1.29 is 28.6 Å². The van der Waals surface area contributed by atoms with E-state index in [9.17, 15) is 14.4 Å². The number of ether oxygens (including phenoxy) is 3. The molecular formula is C51H90O6. The number of unbranched alkanes of at least 4 members (excludes halogenated alkanes) is 24. The van der Waals surface area contributed by atoms with Crippen LogP contribution in [-0.4, -0.2) is 37.2 Å². The van der Waals surface area contributed by atoms with E-state index in [4.69, 9.17) is 14.2 Å². The van der Waals surface area contributed by atoms with Crippen molar-refractivity contribution >= 4 is 17.9 Å². The van der Waals surface area contributed by atoms with Crippen LogP contribution in [0.15, 0.2) is 48.6 Å². The molecule has 0 rings (SSSR count). The van der Waals surface area contributed by atoms with Crippen molar-refractivity contribution in [3.63, 3.8) is 0 Å². The van der Waals surface area contributed by atoms with Gasteiger partial charge in [0, 0.05) is 19.3 Å². The molecule has 0 aliphatic heterocycles. The van der Waals surface area contributed by atoms with Crippen LogP contribution in [0.5, 0.6) is 0 Å². The van der Waals surface area contributed by atoms with Gasteiger partial charge in [0.25, 0.3) is 0 Å². The van der Waals surface area contributed by atoms with Crippen molar-refractivity contribution in [1.29, 1.82) is 0 Å². The predicted molar refractivity (Wildman–Crippen MR) is 242 cm³/mol. The summed E-state index contributed by atoms with van der Waals surface area (Å²) in [6, 6.07) is 0. The minimum atomic E-state index is -0.808. The molecule has 1 unspecified atom stereocenters. The minimum Gasteiger partial charge on any atom is -0.462 e. The molecule has 0 amide bonds. The molecular weight excluding hydrogens is 709 g/mol. The maximum absolute atomic E-state index is 12.7. The molecule has 0 aliphatic carbocycles. The Bertz CT molecular complexity index is 1010. The number of carbonyl (C=O) groups excluding carboxylic acids is 3. The second-order valence-corrected chi connectivity index (χ2v) is 16.0. The van der Waals surface area contributed by atoms with Crippen LogP contribution >= 0.6 is 0 Å². The van der Waals surface area contributed by atoms with Gasteiger partial charge in [-0.15, -0.1) is 0 Å². The van der Waals surface area contributed by atoms with Crippen molar-refractivity contribution in [3.05, 3.63) is 48.6 Å². The van der Waals surface area contributed by atoms with Crippen molar-refractivity contribution in [1.82, 2.24) is 0 Å². The molecule has 0 fully saturated rings. The third-order valence-corrected chi connectivity index (χ3v) is 10.3. The lowest BCUT2D eigenvalue weighted by Crippen LogP contribution is -2.30. The van der Waals surface area contributed by atoms with Gasteiger partial charge in [0.05, 0.1) is 0 Å². The van der Waals surface area contributed by atoms with Crippen molar-refractivity contribution in [3.8, 4) is 0 Å². The topological polar surface area (TPSA) is 78.9 Å². The molecule has 0 aromatic carbocycles. The molecule has 0 aromatic heterocycles. The molecule has 6 nitrogen and oxygen atoms in total. The van der Waals surface area contributed by atoms with E-state index in [1.165, 1.54) is 116 Å². The van der Waals surface area contributed by atoms with Gasteiger partial charge < -0.3 is 14.2 Å². The Hall–Kier alpha value is -2.63. The van der Waals surface area contributed by atoms with E-state index in [1.54, 1.807) is 0 Å². The van der Waals surface area contributed by atoms with E-state index >= 15 is 0 Å². The van der Waals surface area contributed by atoms with E-state index in [0.29, 0.717) is 19.3 Å². The molecule has 0 bridgehead atoms. The second kappa shape index (κ2) is 46.1. The van der Waals surface area contributed by atoms with Gasteiger partial charge in [-0.05, 0) is 83.5 Å². The zero-order valence-electron chi connectivity index (χ0n) is 37.6. The zero-order chi connectivity index (χ0) is 41.5. The van der Waals surface area contributed by atoms with Gasteiger partial charge in [0.15, 0.2) is 6.10 Å². The molecule has 0 aromatic rings. The molecule has 0 N–H and O–H groups in total. The number of hydrogen-bond acceptors (Lipinski definition) is 6. The van der Waals surface area contributed by atoms with Crippen LogP contribution in [-0.2, 0) is 28.6 Å². The van der Waals surface area contributed by atoms with E-state index in [1.807, 2.05) is 6.08 Å². The van der Waals surface area contributed by atoms with E-state index < -0.39 is 6.10 Å². The fraction of sp³-hybridized carbons (Fsp3) is 0.784. The highest BCUT2D eigenvalue weighted by Gasteiger charge is 2.19. The minimum absolute atomic E-state index is 0.103. The monoisotopic (exact) mass is 799 g/mol. The Kier molecular flexibility index (Phi) is 43.9. The fourth-order valence-corrected chi connectivity index (χ4v) is 6.59. The standard InChI is InChI=1S/C51H90O6/c1-4-7-10-13-16-19-22-24-25-26-28-29-32-35-38-41-44-50(53)56-47-48(46-55-49(52)43-40-37-34-31-21-18-15-12-9-6-3)57-51(54)45-42-39-36-33-30-27-23-20-17-14-11-8-5-2/h15,18,25-27,30,36,39,48H,4-14,16-17,19-24,28-29,31-35,37-38,40-47H2,1-3H3/b18-15-,26-25-,30-27-,39-36-. The Morgan fingerprint density at radius 2 is 0.684 bits per heavy atom. The molecule has 0 saturated heterocycles. The number of rotatable bonds is 43. The third kappa shape index (κ3) is 44.3. The maximum atomic E-state index is 12.7. The zero-order valence-corrected chi connectivity index (χ0v) is 37.6. The van der Waals surface area contributed by atoms with Crippen LogP contribution in [0.2, 0.25) is 0 Å². The van der Waals surface area contributed by atoms with E-state index in [2.05, 4.69) is 63.3 Å².